The summed E-state index contributed by atoms with van der Waals surface area (Å²) in [5.74, 6) is 0. The largest absolute Gasteiger partial charge is 0.366 e. The average molecular weight is 114 g/mol. The zero-order chi connectivity index (χ0) is 6.41. The van der Waals surface area contributed by atoms with Gasteiger partial charge in [-0.05, 0) is 6.42 Å². The molecule has 2 heteroatoms. The molecule has 0 aromatic rings. The molecular formula is C6H14N2. The van der Waals surface area contributed by atoms with Crippen LogP contribution in [0.1, 0.15) is 13.3 Å². The topological polar surface area (TPSA) is 15.6 Å². The SMILES string of the molecule is CCCN(C)/C=N/C. The van der Waals surface area contributed by atoms with Gasteiger partial charge >= 0.3 is 0 Å². The van der Waals surface area contributed by atoms with Gasteiger partial charge < -0.3 is 4.90 Å². The predicted octanol–water partition coefficient (Wildman–Crippen LogP) is 0.986. The molecule has 0 rings (SSSR count). The van der Waals surface area contributed by atoms with Crippen molar-refractivity contribution in [1.29, 1.82) is 0 Å². The Labute approximate surface area is 51.2 Å². The van der Waals surface area contributed by atoms with Crippen LogP contribution in [0.15, 0.2) is 4.99 Å². The van der Waals surface area contributed by atoms with Crippen LogP contribution in [0.3, 0.4) is 0 Å². The first-order chi connectivity index (χ1) is 3.81. The van der Waals surface area contributed by atoms with Gasteiger partial charge in [0.15, 0.2) is 0 Å². The maximum atomic E-state index is 3.86. The molecule has 0 aromatic carbocycles. The van der Waals surface area contributed by atoms with E-state index in [1.807, 2.05) is 13.4 Å². The van der Waals surface area contributed by atoms with Crippen LogP contribution in [0.2, 0.25) is 0 Å². The van der Waals surface area contributed by atoms with Crippen molar-refractivity contribution in [2.24, 2.45) is 4.99 Å². The van der Waals surface area contributed by atoms with E-state index < -0.39 is 0 Å². The molecule has 0 radical (unpaired) electrons. The van der Waals surface area contributed by atoms with Crippen molar-refractivity contribution in [2.75, 3.05) is 20.6 Å². The fourth-order valence-electron chi connectivity index (χ4n) is 0.608. The fraction of sp³-hybridized carbons (Fsp3) is 0.833. The van der Waals surface area contributed by atoms with Crippen LogP contribution in [0, 0.1) is 0 Å². The lowest BCUT2D eigenvalue weighted by Gasteiger charge is -2.08. The Balaban J connectivity index is 3.17. The average Bonchev–Trinajstić information content (AvgIpc) is 1.68. The molecule has 8 heavy (non-hydrogen) atoms. The molecule has 0 aliphatic heterocycles. The van der Waals surface area contributed by atoms with Gasteiger partial charge in [-0.15, -0.1) is 0 Å². The first kappa shape index (κ1) is 7.47. The highest BCUT2D eigenvalue weighted by atomic mass is 15.1. The summed E-state index contributed by atoms with van der Waals surface area (Å²) >= 11 is 0. The van der Waals surface area contributed by atoms with Gasteiger partial charge in [-0.1, -0.05) is 6.92 Å². The third-order valence-electron chi connectivity index (χ3n) is 0.889. The van der Waals surface area contributed by atoms with E-state index in [1.165, 1.54) is 6.42 Å². The van der Waals surface area contributed by atoms with Gasteiger partial charge in [-0.3, -0.25) is 4.99 Å². The molecule has 0 saturated heterocycles. The summed E-state index contributed by atoms with van der Waals surface area (Å²) in [7, 11) is 3.81. The fourth-order valence-corrected chi connectivity index (χ4v) is 0.608. The first-order valence-electron chi connectivity index (χ1n) is 2.93. The summed E-state index contributed by atoms with van der Waals surface area (Å²) in [5, 5.41) is 0. The van der Waals surface area contributed by atoms with Crippen LogP contribution in [-0.2, 0) is 0 Å². The predicted molar refractivity (Wildman–Crippen MR) is 37.3 cm³/mol. The van der Waals surface area contributed by atoms with Crippen LogP contribution in [0.5, 0.6) is 0 Å². The van der Waals surface area contributed by atoms with Gasteiger partial charge in [0, 0.05) is 20.6 Å². The quantitative estimate of drug-likeness (QED) is 0.394. The summed E-state index contributed by atoms with van der Waals surface area (Å²) in [5.41, 5.74) is 0. The summed E-state index contributed by atoms with van der Waals surface area (Å²) in [6.45, 7) is 3.25. The van der Waals surface area contributed by atoms with Gasteiger partial charge in [0.05, 0.1) is 6.34 Å². The zero-order valence-electron chi connectivity index (χ0n) is 5.89. The second-order valence-electron chi connectivity index (χ2n) is 1.85. The van der Waals surface area contributed by atoms with E-state index in [1.54, 1.807) is 7.05 Å². The number of hydrogen-bond donors (Lipinski definition) is 0. The molecule has 0 saturated carbocycles. The van der Waals surface area contributed by atoms with Crippen LogP contribution in [0.25, 0.3) is 0 Å². The van der Waals surface area contributed by atoms with E-state index in [9.17, 15) is 0 Å². The van der Waals surface area contributed by atoms with Crippen molar-refractivity contribution < 1.29 is 0 Å². The van der Waals surface area contributed by atoms with E-state index in [0.29, 0.717) is 0 Å². The van der Waals surface area contributed by atoms with Crippen LogP contribution >= 0.6 is 0 Å². The Morgan fingerprint density at radius 3 is 2.62 bits per heavy atom. The number of aliphatic imine (C=N–C) groups is 1. The Morgan fingerprint density at radius 2 is 2.25 bits per heavy atom. The van der Waals surface area contributed by atoms with Crippen molar-refractivity contribution >= 4 is 6.34 Å². The standard InChI is InChI=1S/C6H14N2/c1-4-5-8(3)6-7-2/h6H,4-5H2,1-3H3/b7-6+. The van der Waals surface area contributed by atoms with Crippen molar-refractivity contribution in [3.8, 4) is 0 Å². The van der Waals surface area contributed by atoms with E-state index in [-0.39, 0.29) is 0 Å². The minimum Gasteiger partial charge on any atom is -0.366 e. The summed E-state index contributed by atoms with van der Waals surface area (Å²) < 4.78 is 0. The molecule has 0 aromatic heterocycles. The molecule has 0 amide bonds. The van der Waals surface area contributed by atoms with Gasteiger partial charge in [-0.2, -0.15) is 0 Å². The molecule has 2 nitrogen and oxygen atoms in total. The maximum absolute atomic E-state index is 3.86. The Morgan fingerprint density at radius 1 is 1.62 bits per heavy atom. The molecule has 0 unspecified atom stereocenters. The smallest absolute Gasteiger partial charge is 0.0843 e. The minimum absolute atomic E-state index is 1.09. The minimum atomic E-state index is 1.09. The van der Waals surface area contributed by atoms with E-state index >= 15 is 0 Å². The molecule has 48 valence electrons. The van der Waals surface area contributed by atoms with Crippen molar-refractivity contribution in [2.45, 2.75) is 13.3 Å². The lowest BCUT2D eigenvalue weighted by molar-refractivity contribution is 0.514. The zero-order valence-corrected chi connectivity index (χ0v) is 5.89. The number of rotatable bonds is 3. The molecule has 0 spiro atoms. The van der Waals surface area contributed by atoms with Gasteiger partial charge in [0.1, 0.15) is 0 Å². The lowest BCUT2D eigenvalue weighted by atomic mass is 10.5. The third-order valence-corrected chi connectivity index (χ3v) is 0.889. The van der Waals surface area contributed by atoms with E-state index in [0.717, 1.165) is 6.54 Å². The van der Waals surface area contributed by atoms with Gasteiger partial charge in [0.2, 0.25) is 0 Å². The first-order valence-corrected chi connectivity index (χ1v) is 2.93. The maximum Gasteiger partial charge on any atom is 0.0843 e. The van der Waals surface area contributed by atoms with Gasteiger partial charge in [0.25, 0.3) is 0 Å². The van der Waals surface area contributed by atoms with Crippen LogP contribution in [-0.4, -0.2) is 31.9 Å². The molecule has 0 N–H and O–H groups in total. The molecule has 0 heterocycles. The van der Waals surface area contributed by atoms with E-state index in [2.05, 4.69) is 16.8 Å². The molecule has 0 aliphatic rings. The normalized spacial score (nSPS) is 10.4. The van der Waals surface area contributed by atoms with Crippen molar-refractivity contribution in [1.82, 2.24) is 4.90 Å². The number of hydrogen-bond acceptors (Lipinski definition) is 1. The Kier molecular flexibility index (Phi) is 4.32. The van der Waals surface area contributed by atoms with Gasteiger partial charge in [-0.25, -0.2) is 0 Å². The lowest BCUT2D eigenvalue weighted by Crippen LogP contribution is -2.16. The highest BCUT2D eigenvalue weighted by molar-refractivity contribution is 5.53. The summed E-state index contributed by atoms with van der Waals surface area (Å²) in [6, 6.07) is 0. The van der Waals surface area contributed by atoms with Crippen molar-refractivity contribution in [3.63, 3.8) is 0 Å². The van der Waals surface area contributed by atoms with Crippen LogP contribution in [0.4, 0.5) is 0 Å². The Hall–Kier alpha value is -0.530. The highest BCUT2D eigenvalue weighted by Gasteiger charge is 1.83. The van der Waals surface area contributed by atoms with Crippen molar-refractivity contribution in [3.05, 3.63) is 0 Å². The Bertz CT molecular complexity index is 68.9. The highest BCUT2D eigenvalue weighted by Crippen LogP contribution is 1.79. The second kappa shape index (κ2) is 4.62. The monoisotopic (exact) mass is 114 g/mol. The number of nitrogens with zero attached hydrogens (tertiary/aromatic N) is 2. The second-order valence-corrected chi connectivity index (χ2v) is 1.85. The molecule has 0 fully saturated rings. The van der Waals surface area contributed by atoms with E-state index in [4.69, 9.17) is 0 Å². The summed E-state index contributed by atoms with van der Waals surface area (Å²) in [6.07, 6.45) is 3.02. The molecule has 0 bridgehead atoms. The third kappa shape index (κ3) is 3.65. The summed E-state index contributed by atoms with van der Waals surface area (Å²) in [4.78, 5) is 5.92. The molecule has 0 atom stereocenters. The molecular weight excluding hydrogens is 100 g/mol. The molecule has 0 aliphatic carbocycles. The van der Waals surface area contributed by atoms with Crippen LogP contribution < -0.4 is 0 Å².